The van der Waals surface area contributed by atoms with Crippen LogP contribution in [0.4, 0.5) is 0 Å². The highest BCUT2D eigenvalue weighted by Crippen LogP contribution is 2.47. The van der Waals surface area contributed by atoms with Crippen LogP contribution in [0, 0.1) is 5.92 Å². The van der Waals surface area contributed by atoms with Crippen LogP contribution in [-0.4, -0.2) is 18.9 Å². The molecular formula is C9H18NOP. The Morgan fingerprint density at radius 2 is 2.33 bits per heavy atom. The average molecular weight is 187 g/mol. The molecule has 0 saturated heterocycles. The van der Waals surface area contributed by atoms with E-state index < -0.39 is 7.29 Å². The predicted octanol–water partition coefficient (Wildman–Crippen LogP) is 2.47. The van der Waals surface area contributed by atoms with Gasteiger partial charge in [0.05, 0.1) is 0 Å². The Morgan fingerprint density at radius 1 is 1.67 bits per heavy atom. The van der Waals surface area contributed by atoms with Gasteiger partial charge < -0.3 is 4.57 Å². The van der Waals surface area contributed by atoms with Gasteiger partial charge in [0.2, 0.25) is 0 Å². The highest BCUT2D eigenvalue weighted by atomic mass is 31.2. The van der Waals surface area contributed by atoms with E-state index in [1.54, 1.807) is 0 Å². The van der Waals surface area contributed by atoms with Gasteiger partial charge in [0.15, 0.2) is 7.29 Å². The highest BCUT2D eigenvalue weighted by Gasteiger charge is 2.25. The first kappa shape index (κ1) is 10.0. The van der Waals surface area contributed by atoms with Gasteiger partial charge in [-0.05, 0) is 12.8 Å². The molecule has 1 heterocycles. The second-order valence-electron chi connectivity index (χ2n) is 4.04. The molecule has 0 aromatic rings. The van der Waals surface area contributed by atoms with E-state index in [4.69, 9.17) is 0 Å². The van der Waals surface area contributed by atoms with E-state index in [9.17, 15) is 4.57 Å². The summed E-state index contributed by atoms with van der Waals surface area (Å²) in [4.78, 5) is 0. The summed E-state index contributed by atoms with van der Waals surface area (Å²) in [7, 11) is -2.02. The van der Waals surface area contributed by atoms with Crippen LogP contribution in [0.15, 0.2) is 11.6 Å². The lowest BCUT2D eigenvalue weighted by Gasteiger charge is -2.15. The molecule has 1 rings (SSSR count). The molecule has 0 saturated carbocycles. The topological polar surface area (TPSA) is 29.1 Å². The van der Waals surface area contributed by atoms with E-state index in [-0.39, 0.29) is 0 Å². The molecule has 3 heteroatoms. The molecule has 0 bridgehead atoms. The number of hydrogen-bond acceptors (Lipinski definition) is 1. The Hall–Kier alpha value is -0.0700. The van der Waals surface area contributed by atoms with Gasteiger partial charge in [-0.15, -0.1) is 0 Å². The molecule has 1 N–H and O–H groups in total. The summed E-state index contributed by atoms with van der Waals surface area (Å²) in [6.45, 7) is 7.19. The van der Waals surface area contributed by atoms with E-state index in [1.807, 2.05) is 0 Å². The summed E-state index contributed by atoms with van der Waals surface area (Å²) in [5.41, 5.74) is 1.27. The van der Waals surface area contributed by atoms with Crippen LogP contribution < -0.4 is 5.09 Å². The lowest BCUT2D eigenvalue weighted by molar-refractivity contribution is 0.554. The van der Waals surface area contributed by atoms with Gasteiger partial charge in [0.25, 0.3) is 0 Å². The van der Waals surface area contributed by atoms with Crippen LogP contribution >= 0.6 is 7.29 Å². The van der Waals surface area contributed by atoms with Crippen molar-refractivity contribution in [3.8, 4) is 0 Å². The maximum Gasteiger partial charge on any atom is 0.155 e. The van der Waals surface area contributed by atoms with Crippen LogP contribution in [0.25, 0.3) is 0 Å². The monoisotopic (exact) mass is 187 g/mol. The molecule has 0 aromatic heterocycles. The molecule has 12 heavy (non-hydrogen) atoms. The lowest BCUT2D eigenvalue weighted by atomic mass is 10.2. The zero-order chi connectivity index (χ0) is 9.19. The lowest BCUT2D eigenvalue weighted by Crippen LogP contribution is -2.18. The molecule has 2 nitrogen and oxygen atoms in total. The molecule has 70 valence electrons. The summed E-state index contributed by atoms with van der Waals surface area (Å²) < 4.78 is 12.0. The van der Waals surface area contributed by atoms with Gasteiger partial charge in [-0.2, -0.15) is 0 Å². The van der Waals surface area contributed by atoms with Crippen LogP contribution in [0.5, 0.6) is 0 Å². The standard InChI is InChI=1S/C9H18NOP/c1-8(2)6-10-12(11)5-4-9(3)7-12/h4,8H,5-7H2,1-3H3,(H,10,11)/t12-/m1/s1. The molecule has 0 spiro atoms. The zero-order valence-corrected chi connectivity index (χ0v) is 9.03. The van der Waals surface area contributed by atoms with E-state index in [0.717, 1.165) is 18.9 Å². The van der Waals surface area contributed by atoms with E-state index in [2.05, 4.69) is 31.9 Å². The quantitative estimate of drug-likeness (QED) is 0.543. The Kier molecular flexibility index (Phi) is 3.14. The number of hydrogen-bond donors (Lipinski definition) is 1. The average Bonchev–Trinajstić information content (AvgIpc) is 2.29. The van der Waals surface area contributed by atoms with Crippen LogP contribution in [0.3, 0.4) is 0 Å². The molecule has 0 unspecified atom stereocenters. The van der Waals surface area contributed by atoms with Crippen molar-refractivity contribution in [1.29, 1.82) is 0 Å². The third kappa shape index (κ3) is 2.76. The Labute approximate surface area is 74.9 Å². The largest absolute Gasteiger partial charge is 0.306 e. The summed E-state index contributed by atoms with van der Waals surface area (Å²) in [5, 5.41) is 3.19. The van der Waals surface area contributed by atoms with Crippen molar-refractivity contribution in [2.45, 2.75) is 20.8 Å². The molecule has 0 radical (unpaired) electrons. The number of nitrogens with one attached hydrogen (secondary N) is 1. The fourth-order valence-electron chi connectivity index (χ4n) is 1.30. The fraction of sp³-hybridized carbons (Fsp3) is 0.778. The van der Waals surface area contributed by atoms with Crippen molar-refractivity contribution in [3.05, 3.63) is 11.6 Å². The third-order valence-corrected chi connectivity index (χ3v) is 4.57. The van der Waals surface area contributed by atoms with Gasteiger partial charge in [0, 0.05) is 18.9 Å². The smallest absolute Gasteiger partial charge is 0.155 e. The van der Waals surface area contributed by atoms with Crippen LogP contribution in [0.2, 0.25) is 0 Å². The molecule has 0 aromatic carbocycles. The maximum atomic E-state index is 12.0. The van der Waals surface area contributed by atoms with E-state index >= 15 is 0 Å². The van der Waals surface area contributed by atoms with Gasteiger partial charge in [-0.3, -0.25) is 5.09 Å². The minimum atomic E-state index is -2.02. The molecule has 1 aliphatic heterocycles. The summed E-state index contributed by atoms with van der Waals surface area (Å²) in [6, 6.07) is 0. The Morgan fingerprint density at radius 3 is 2.75 bits per heavy atom. The van der Waals surface area contributed by atoms with Crippen molar-refractivity contribution in [3.63, 3.8) is 0 Å². The normalized spacial score (nSPS) is 29.5. The summed E-state index contributed by atoms with van der Waals surface area (Å²) in [6.07, 6.45) is 3.62. The first-order chi connectivity index (χ1) is 5.52. The first-order valence-corrected chi connectivity index (χ1v) is 6.58. The molecule has 0 amide bonds. The number of allylic oxidation sites excluding steroid dienone is 2. The Balaban J connectivity index is 2.38. The van der Waals surface area contributed by atoms with Crippen molar-refractivity contribution in [2.75, 3.05) is 18.9 Å². The fourth-order valence-corrected chi connectivity index (χ4v) is 3.91. The van der Waals surface area contributed by atoms with Gasteiger partial charge in [-0.1, -0.05) is 25.5 Å². The van der Waals surface area contributed by atoms with E-state index in [1.165, 1.54) is 5.57 Å². The SMILES string of the molecule is CC1=CC[P@](=O)(NCC(C)C)C1. The van der Waals surface area contributed by atoms with Crippen molar-refractivity contribution < 1.29 is 4.57 Å². The minimum Gasteiger partial charge on any atom is -0.306 e. The summed E-state index contributed by atoms with van der Waals surface area (Å²) >= 11 is 0. The second kappa shape index (κ2) is 3.76. The molecule has 1 aliphatic rings. The van der Waals surface area contributed by atoms with Gasteiger partial charge >= 0.3 is 0 Å². The predicted molar refractivity (Wildman–Crippen MR) is 53.9 cm³/mol. The van der Waals surface area contributed by atoms with Crippen LogP contribution in [-0.2, 0) is 4.57 Å². The van der Waals surface area contributed by atoms with Gasteiger partial charge in [0.1, 0.15) is 0 Å². The second-order valence-corrected chi connectivity index (χ2v) is 6.81. The van der Waals surface area contributed by atoms with Crippen molar-refractivity contribution in [1.82, 2.24) is 5.09 Å². The highest BCUT2D eigenvalue weighted by molar-refractivity contribution is 7.62. The van der Waals surface area contributed by atoms with E-state index in [0.29, 0.717) is 5.92 Å². The Bertz CT molecular complexity index is 233. The van der Waals surface area contributed by atoms with Crippen LogP contribution in [0.1, 0.15) is 20.8 Å². The molecule has 1 atom stereocenters. The molecule has 0 aliphatic carbocycles. The number of rotatable bonds is 3. The minimum absolute atomic E-state index is 0.580. The summed E-state index contributed by atoms with van der Waals surface area (Å²) in [5.74, 6) is 0.580. The molecule has 0 fully saturated rings. The zero-order valence-electron chi connectivity index (χ0n) is 8.13. The first-order valence-electron chi connectivity index (χ1n) is 4.51. The molecular weight excluding hydrogens is 169 g/mol. The van der Waals surface area contributed by atoms with Crippen molar-refractivity contribution >= 4 is 7.29 Å². The third-order valence-electron chi connectivity index (χ3n) is 2.03. The van der Waals surface area contributed by atoms with Gasteiger partial charge in [-0.25, -0.2) is 0 Å². The van der Waals surface area contributed by atoms with Crippen molar-refractivity contribution in [2.24, 2.45) is 5.92 Å². The maximum absolute atomic E-state index is 12.0.